The Bertz CT molecular complexity index is 607. The van der Waals surface area contributed by atoms with Crippen molar-refractivity contribution in [2.75, 3.05) is 39.3 Å². The molecule has 0 aromatic heterocycles. The Balaban J connectivity index is 1.53. The number of carbonyl (C=O) groups is 2. The molecule has 3 rings (SSSR count). The van der Waals surface area contributed by atoms with E-state index in [9.17, 15) is 9.59 Å². The van der Waals surface area contributed by atoms with Gasteiger partial charge in [-0.15, -0.1) is 0 Å². The van der Waals surface area contributed by atoms with Crippen LogP contribution in [0.15, 0.2) is 30.3 Å². The van der Waals surface area contributed by atoms with Gasteiger partial charge in [0.15, 0.2) is 0 Å². The second kappa shape index (κ2) is 9.03. The van der Waals surface area contributed by atoms with E-state index in [2.05, 4.69) is 29.3 Å². The fourth-order valence-electron chi connectivity index (χ4n) is 3.82. The number of rotatable bonds is 5. The van der Waals surface area contributed by atoms with Gasteiger partial charge in [0.1, 0.15) is 0 Å². The molecule has 1 atom stereocenters. The molecule has 6 nitrogen and oxygen atoms in total. The summed E-state index contributed by atoms with van der Waals surface area (Å²) in [5, 5.41) is 2.95. The van der Waals surface area contributed by atoms with Crippen LogP contribution < -0.4 is 5.32 Å². The number of urea groups is 1. The van der Waals surface area contributed by atoms with Gasteiger partial charge in [-0.1, -0.05) is 37.3 Å². The lowest BCUT2D eigenvalue weighted by molar-refractivity contribution is -0.132. The molecule has 2 heterocycles. The van der Waals surface area contributed by atoms with Crippen molar-refractivity contribution in [3.8, 4) is 0 Å². The Labute approximate surface area is 156 Å². The summed E-state index contributed by atoms with van der Waals surface area (Å²) in [5.74, 6) is 0.234. The first-order valence-electron chi connectivity index (χ1n) is 9.78. The lowest BCUT2D eigenvalue weighted by atomic mass is 10.2. The molecule has 0 unspecified atom stereocenters. The zero-order chi connectivity index (χ0) is 18.4. The van der Waals surface area contributed by atoms with Crippen molar-refractivity contribution in [3.63, 3.8) is 0 Å². The summed E-state index contributed by atoms with van der Waals surface area (Å²) in [6, 6.07) is 10.2. The average molecular weight is 358 g/mol. The summed E-state index contributed by atoms with van der Waals surface area (Å²) < 4.78 is 0. The fraction of sp³-hybridized carbons (Fsp3) is 0.600. The summed E-state index contributed by atoms with van der Waals surface area (Å²) in [7, 11) is 0. The molecule has 2 saturated heterocycles. The first-order valence-corrected chi connectivity index (χ1v) is 9.78. The van der Waals surface area contributed by atoms with Gasteiger partial charge in [-0.05, 0) is 24.8 Å². The summed E-state index contributed by atoms with van der Waals surface area (Å²) in [4.78, 5) is 31.2. The van der Waals surface area contributed by atoms with Gasteiger partial charge in [0.25, 0.3) is 0 Å². The number of nitrogens with zero attached hydrogens (tertiary/aromatic N) is 3. The second-order valence-electron chi connectivity index (χ2n) is 7.16. The zero-order valence-corrected chi connectivity index (χ0v) is 15.7. The SMILES string of the molecule is CCCNC(=O)N1CCCN([C@@H]2CCN(Cc3ccccc3)C2=O)CC1. The molecule has 2 aliphatic rings. The van der Waals surface area contributed by atoms with Crippen molar-refractivity contribution >= 4 is 11.9 Å². The average Bonchev–Trinajstić information content (AvgIpc) is 2.87. The maximum atomic E-state index is 12.9. The van der Waals surface area contributed by atoms with Gasteiger partial charge in [0, 0.05) is 45.8 Å². The predicted octanol–water partition coefficient (Wildman–Crippen LogP) is 1.91. The number of carbonyl (C=O) groups excluding carboxylic acids is 2. The molecule has 142 valence electrons. The van der Waals surface area contributed by atoms with Crippen LogP contribution in [0.25, 0.3) is 0 Å². The van der Waals surface area contributed by atoms with Gasteiger partial charge in [0.2, 0.25) is 5.91 Å². The van der Waals surface area contributed by atoms with Crippen molar-refractivity contribution in [1.29, 1.82) is 0 Å². The van der Waals surface area contributed by atoms with Crippen molar-refractivity contribution in [2.45, 2.75) is 38.8 Å². The van der Waals surface area contributed by atoms with Crippen LogP contribution >= 0.6 is 0 Å². The molecule has 0 saturated carbocycles. The van der Waals surface area contributed by atoms with E-state index in [0.717, 1.165) is 45.4 Å². The van der Waals surface area contributed by atoms with E-state index in [1.165, 1.54) is 5.56 Å². The van der Waals surface area contributed by atoms with Gasteiger partial charge in [-0.25, -0.2) is 4.79 Å². The highest BCUT2D eigenvalue weighted by molar-refractivity contribution is 5.84. The molecule has 1 aromatic rings. The Morgan fingerprint density at radius 1 is 1.12 bits per heavy atom. The second-order valence-corrected chi connectivity index (χ2v) is 7.16. The summed E-state index contributed by atoms with van der Waals surface area (Å²) in [6.07, 6.45) is 2.75. The minimum absolute atomic E-state index is 0.0251. The molecular formula is C20H30N4O2. The molecule has 0 radical (unpaired) electrons. The quantitative estimate of drug-likeness (QED) is 0.875. The van der Waals surface area contributed by atoms with Crippen molar-refractivity contribution in [1.82, 2.24) is 20.0 Å². The number of hydrogen-bond donors (Lipinski definition) is 1. The van der Waals surface area contributed by atoms with Crippen molar-refractivity contribution in [3.05, 3.63) is 35.9 Å². The molecule has 3 amide bonds. The topological polar surface area (TPSA) is 55.9 Å². The lowest BCUT2D eigenvalue weighted by Gasteiger charge is -2.26. The Kier molecular flexibility index (Phi) is 6.50. The van der Waals surface area contributed by atoms with Crippen molar-refractivity contribution < 1.29 is 9.59 Å². The summed E-state index contributed by atoms with van der Waals surface area (Å²) in [5.41, 5.74) is 1.18. The number of hydrogen-bond acceptors (Lipinski definition) is 3. The number of nitrogens with one attached hydrogen (secondary N) is 1. The van der Waals surface area contributed by atoms with Gasteiger partial charge in [-0.2, -0.15) is 0 Å². The standard InChI is InChI=1S/C20H30N4O2/c1-2-10-21-20(26)23-12-6-11-22(14-15-23)18-9-13-24(19(18)25)16-17-7-4-3-5-8-17/h3-5,7-8,18H,2,6,9-16H2,1H3,(H,21,26)/t18-/m1/s1. The zero-order valence-electron chi connectivity index (χ0n) is 15.7. The highest BCUT2D eigenvalue weighted by Gasteiger charge is 2.36. The van der Waals surface area contributed by atoms with E-state index in [1.807, 2.05) is 28.0 Å². The summed E-state index contributed by atoms with van der Waals surface area (Å²) >= 11 is 0. The van der Waals surface area contributed by atoms with Gasteiger partial charge in [0.05, 0.1) is 6.04 Å². The van der Waals surface area contributed by atoms with E-state index in [4.69, 9.17) is 0 Å². The van der Waals surface area contributed by atoms with Crippen molar-refractivity contribution in [2.24, 2.45) is 0 Å². The van der Waals surface area contributed by atoms with Crippen LogP contribution in [-0.4, -0.2) is 71.9 Å². The monoisotopic (exact) mass is 358 g/mol. The third-order valence-corrected chi connectivity index (χ3v) is 5.27. The van der Waals surface area contributed by atoms with Gasteiger partial charge < -0.3 is 15.1 Å². The van der Waals surface area contributed by atoms with Crippen LogP contribution in [0.4, 0.5) is 4.79 Å². The smallest absolute Gasteiger partial charge is 0.317 e. The largest absolute Gasteiger partial charge is 0.338 e. The van der Waals surface area contributed by atoms with Crippen LogP contribution in [0.3, 0.4) is 0 Å². The molecule has 1 aromatic carbocycles. The molecule has 2 aliphatic heterocycles. The predicted molar refractivity (Wildman–Crippen MR) is 102 cm³/mol. The minimum atomic E-state index is -0.0302. The normalized spacial score (nSPS) is 21.7. The maximum Gasteiger partial charge on any atom is 0.317 e. The molecule has 0 aliphatic carbocycles. The number of likely N-dealkylation sites (tertiary alicyclic amines) is 1. The molecule has 2 fully saturated rings. The maximum absolute atomic E-state index is 12.9. The Hall–Kier alpha value is -2.08. The first kappa shape index (κ1) is 18.7. The third-order valence-electron chi connectivity index (χ3n) is 5.27. The first-order chi connectivity index (χ1) is 12.7. The third kappa shape index (κ3) is 4.55. The Morgan fingerprint density at radius 2 is 1.92 bits per heavy atom. The van der Waals surface area contributed by atoms with Gasteiger partial charge in [-0.3, -0.25) is 9.69 Å². The highest BCUT2D eigenvalue weighted by atomic mass is 16.2. The van der Waals surface area contributed by atoms with Crippen LogP contribution in [-0.2, 0) is 11.3 Å². The molecule has 26 heavy (non-hydrogen) atoms. The van der Waals surface area contributed by atoms with Crippen LogP contribution in [0.5, 0.6) is 0 Å². The van der Waals surface area contributed by atoms with E-state index < -0.39 is 0 Å². The van der Waals surface area contributed by atoms with Gasteiger partial charge >= 0.3 is 6.03 Å². The summed E-state index contributed by atoms with van der Waals surface area (Å²) in [6.45, 7) is 7.39. The molecule has 0 bridgehead atoms. The number of amides is 3. The van der Waals surface area contributed by atoms with Crippen LogP contribution in [0.1, 0.15) is 31.7 Å². The molecule has 1 N–H and O–H groups in total. The number of benzene rings is 1. The van der Waals surface area contributed by atoms with Crippen LogP contribution in [0, 0.1) is 0 Å². The minimum Gasteiger partial charge on any atom is -0.338 e. The van der Waals surface area contributed by atoms with E-state index in [1.54, 1.807) is 0 Å². The molecule has 0 spiro atoms. The lowest BCUT2D eigenvalue weighted by Crippen LogP contribution is -2.45. The van der Waals surface area contributed by atoms with Crippen LogP contribution in [0.2, 0.25) is 0 Å². The van der Waals surface area contributed by atoms with E-state index in [0.29, 0.717) is 19.6 Å². The molecular weight excluding hydrogens is 328 g/mol. The van der Waals surface area contributed by atoms with E-state index in [-0.39, 0.29) is 18.0 Å². The Morgan fingerprint density at radius 3 is 2.69 bits per heavy atom. The highest BCUT2D eigenvalue weighted by Crippen LogP contribution is 2.21. The fourth-order valence-corrected chi connectivity index (χ4v) is 3.82. The molecule has 6 heteroatoms. The van der Waals surface area contributed by atoms with E-state index >= 15 is 0 Å².